The van der Waals surface area contributed by atoms with Crippen LogP contribution in [0.1, 0.15) is 10.4 Å². The van der Waals surface area contributed by atoms with Crippen molar-refractivity contribution in [3.63, 3.8) is 0 Å². The second-order valence-corrected chi connectivity index (χ2v) is 3.27. The van der Waals surface area contributed by atoms with Gasteiger partial charge < -0.3 is 5.32 Å². The Morgan fingerprint density at radius 2 is 1.89 bits per heavy atom. The van der Waals surface area contributed by atoms with Crippen LogP contribution in [0.2, 0.25) is 0 Å². The lowest BCUT2D eigenvalue weighted by molar-refractivity contribution is 0.102. The Hall–Kier alpha value is -2.44. The molecule has 0 aliphatic rings. The summed E-state index contributed by atoms with van der Waals surface area (Å²) in [5.41, 5.74) is -0.604. The predicted molar refractivity (Wildman–Crippen MR) is 56.3 cm³/mol. The maximum atomic E-state index is 13.3. The van der Waals surface area contributed by atoms with E-state index in [1.807, 2.05) is 0 Å². The highest BCUT2D eigenvalue weighted by atomic mass is 19.2. The molecule has 1 aromatic carbocycles. The quantitative estimate of drug-likeness (QED) is 0.834. The zero-order valence-corrected chi connectivity index (χ0v) is 8.82. The number of anilines is 1. The van der Waals surface area contributed by atoms with Crippen molar-refractivity contribution < 1.29 is 18.0 Å². The largest absolute Gasteiger partial charge is 0.306 e. The fourth-order valence-electron chi connectivity index (χ4n) is 1.25. The van der Waals surface area contributed by atoms with Gasteiger partial charge in [0.2, 0.25) is 0 Å². The van der Waals surface area contributed by atoms with Crippen LogP contribution >= 0.6 is 0 Å². The van der Waals surface area contributed by atoms with Gasteiger partial charge in [0.1, 0.15) is 12.1 Å². The number of nitrogens with zero attached hydrogens (tertiary/aromatic N) is 2. The first-order valence-electron chi connectivity index (χ1n) is 4.80. The molecule has 0 spiro atoms. The maximum absolute atomic E-state index is 13.3. The third-order valence-corrected chi connectivity index (χ3v) is 2.10. The summed E-state index contributed by atoms with van der Waals surface area (Å²) in [4.78, 5) is 18.9. The van der Waals surface area contributed by atoms with Crippen LogP contribution in [-0.4, -0.2) is 15.9 Å². The third kappa shape index (κ3) is 2.29. The van der Waals surface area contributed by atoms with Crippen LogP contribution in [-0.2, 0) is 0 Å². The number of hydrogen-bond donors (Lipinski definition) is 1. The topological polar surface area (TPSA) is 54.9 Å². The van der Waals surface area contributed by atoms with Gasteiger partial charge in [-0.25, -0.2) is 23.1 Å². The van der Waals surface area contributed by atoms with Crippen LogP contribution in [0.15, 0.2) is 30.7 Å². The second-order valence-electron chi connectivity index (χ2n) is 3.27. The van der Waals surface area contributed by atoms with Crippen molar-refractivity contribution in [2.24, 2.45) is 0 Å². The molecule has 1 amide bonds. The summed E-state index contributed by atoms with van der Waals surface area (Å²) in [7, 11) is 0. The molecular weight excluding hydrogens is 247 g/mol. The maximum Gasteiger partial charge on any atom is 0.259 e. The summed E-state index contributed by atoms with van der Waals surface area (Å²) in [6.07, 6.45) is 2.54. The Bertz CT molecular complexity index is 590. The van der Waals surface area contributed by atoms with Gasteiger partial charge in [-0.3, -0.25) is 4.79 Å². The van der Waals surface area contributed by atoms with Gasteiger partial charge in [0.25, 0.3) is 5.91 Å². The van der Waals surface area contributed by atoms with E-state index >= 15 is 0 Å². The summed E-state index contributed by atoms with van der Waals surface area (Å²) in [6.45, 7) is 0. The van der Waals surface area contributed by atoms with Gasteiger partial charge in [-0.05, 0) is 18.2 Å². The number of carbonyl (C=O) groups excluding carboxylic acids is 1. The number of halogens is 3. The Balaban J connectivity index is 2.28. The van der Waals surface area contributed by atoms with E-state index < -0.39 is 28.9 Å². The minimum absolute atomic E-state index is 0.124. The van der Waals surface area contributed by atoms with Crippen molar-refractivity contribution in [3.05, 3.63) is 53.7 Å². The van der Waals surface area contributed by atoms with Crippen LogP contribution in [0.4, 0.5) is 19.0 Å². The first-order chi connectivity index (χ1) is 8.59. The number of aromatic nitrogens is 2. The molecule has 7 heteroatoms. The average molecular weight is 253 g/mol. The molecule has 0 aliphatic carbocycles. The van der Waals surface area contributed by atoms with Crippen LogP contribution < -0.4 is 5.32 Å². The summed E-state index contributed by atoms with van der Waals surface area (Å²) < 4.78 is 38.9. The minimum atomic E-state index is -1.69. The van der Waals surface area contributed by atoms with E-state index in [4.69, 9.17) is 0 Å². The Morgan fingerprint density at radius 1 is 1.11 bits per heavy atom. The van der Waals surface area contributed by atoms with Crippen molar-refractivity contribution in [2.45, 2.75) is 0 Å². The Morgan fingerprint density at radius 3 is 2.56 bits per heavy atom. The molecule has 18 heavy (non-hydrogen) atoms. The third-order valence-electron chi connectivity index (χ3n) is 2.10. The molecule has 0 unspecified atom stereocenters. The fraction of sp³-hybridized carbons (Fsp3) is 0. The van der Waals surface area contributed by atoms with Gasteiger partial charge in [0, 0.05) is 6.20 Å². The minimum Gasteiger partial charge on any atom is -0.306 e. The molecule has 2 rings (SSSR count). The number of benzene rings is 1. The molecule has 92 valence electrons. The molecule has 2 aromatic rings. The monoisotopic (exact) mass is 253 g/mol. The molecule has 4 nitrogen and oxygen atoms in total. The van der Waals surface area contributed by atoms with E-state index in [-0.39, 0.29) is 5.82 Å². The standard InChI is InChI=1S/C11H6F3N3O/c12-7-2-1-6(9(13)10(7)14)11(18)17-8-3-4-15-5-16-8/h1-5H,(H,15,16,17,18). The van der Waals surface area contributed by atoms with E-state index in [1.54, 1.807) is 0 Å². The number of hydrogen-bond acceptors (Lipinski definition) is 3. The molecule has 0 aliphatic heterocycles. The molecular formula is C11H6F3N3O. The van der Waals surface area contributed by atoms with E-state index in [0.29, 0.717) is 6.07 Å². The van der Waals surface area contributed by atoms with Crippen molar-refractivity contribution in [3.8, 4) is 0 Å². The highest BCUT2D eigenvalue weighted by Crippen LogP contribution is 2.16. The van der Waals surface area contributed by atoms with E-state index in [9.17, 15) is 18.0 Å². The fourth-order valence-corrected chi connectivity index (χ4v) is 1.25. The SMILES string of the molecule is O=C(Nc1ccncn1)c1ccc(F)c(F)c1F. The van der Waals surface area contributed by atoms with Gasteiger partial charge >= 0.3 is 0 Å². The van der Waals surface area contributed by atoms with E-state index in [1.165, 1.54) is 18.6 Å². The van der Waals surface area contributed by atoms with Crippen LogP contribution in [0.3, 0.4) is 0 Å². The lowest BCUT2D eigenvalue weighted by atomic mass is 10.2. The second kappa shape index (κ2) is 4.82. The normalized spacial score (nSPS) is 10.2. The first-order valence-corrected chi connectivity index (χ1v) is 4.80. The molecule has 0 atom stereocenters. The molecule has 1 aromatic heterocycles. The van der Waals surface area contributed by atoms with Crippen molar-refractivity contribution >= 4 is 11.7 Å². The van der Waals surface area contributed by atoms with Gasteiger partial charge in [-0.15, -0.1) is 0 Å². The van der Waals surface area contributed by atoms with Crippen LogP contribution in [0.25, 0.3) is 0 Å². The molecule has 0 saturated carbocycles. The number of rotatable bonds is 2. The average Bonchev–Trinajstić information content (AvgIpc) is 2.37. The van der Waals surface area contributed by atoms with E-state index in [2.05, 4.69) is 15.3 Å². The van der Waals surface area contributed by atoms with Crippen molar-refractivity contribution in [1.29, 1.82) is 0 Å². The summed E-state index contributed by atoms with van der Waals surface area (Å²) in [5.74, 6) is -5.39. The Kier molecular flexibility index (Phi) is 3.22. The highest BCUT2D eigenvalue weighted by Gasteiger charge is 2.18. The predicted octanol–water partition coefficient (Wildman–Crippen LogP) is 2.15. The van der Waals surface area contributed by atoms with Gasteiger partial charge in [0.15, 0.2) is 17.5 Å². The van der Waals surface area contributed by atoms with Crippen molar-refractivity contribution in [2.75, 3.05) is 5.32 Å². The number of nitrogens with one attached hydrogen (secondary N) is 1. The zero-order valence-electron chi connectivity index (χ0n) is 8.82. The number of carbonyl (C=O) groups is 1. The van der Waals surface area contributed by atoms with Gasteiger partial charge in [0.05, 0.1) is 5.56 Å². The smallest absolute Gasteiger partial charge is 0.259 e. The molecule has 0 fully saturated rings. The molecule has 0 bridgehead atoms. The zero-order chi connectivity index (χ0) is 13.1. The van der Waals surface area contributed by atoms with Crippen LogP contribution in [0.5, 0.6) is 0 Å². The Labute approximate surface area is 99.5 Å². The lowest BCUT2D eigenvalue weighted by Crippen LogP contribution is -2.16. The first kappa shape index (κ1) is 12.0. The number of amides is 1. The molecule has 1 N–H and O–H groups in total. The molecule has 1 heterocycles. The summed E-state index contributed by atoms with van der Waals surface area (Å²) in [5, 5.41) is 2.23. The van der Waals surface area contributed by atoms with E-state index in [0.717, 1.165) is 6.07 Å². The van der Waals surface area contributed by atoms with Crippen molar-refractivity contribution in [1.82, 2.24) is 9.97 Å². The highest BCUT2D eigenvalue weighted by molar-refractivity contribution is 6.03. The van der Waals surface area contributed by atoms with Gasteiger partial charge in [-0.1, -0.05) is 0 Å². The summed E-state index contributed by atoms with van der Waals surface area (Å²) >= 11 is 0. The van der Waals surface area contributed by atoms with Gasteiger partial charge in [-0.2, -0.15) is 0 Å². The van der Waals surface area contributed by atoms with Crippen LogP contribution in [0, 0.1) is 17.5 Å². The molecule has 0 radical (unpaired) electrons. The molecule has 0 saturated heterocycles. The summed E-state index contributed by atoms with van der Waals surface area (Å²) in [6, 6.07) is 2.90. The lowest BCUT2D eigenvalue weighted by Gasteiger charge is -2.05.